The average molecular weight is 1500 g/mol. The smallest absolute Gasteiger partial charge is 0.512 e. The number of hydrazine groups is 3. The second kappa shape index (κ2) is 46.0. The van der Waals surface area contributed by atoms with Crippen LogP contribution in [0.2, 0.25) is 0 Å². The maximum atomic E-state index is 10.0. The Morgan fingerprint density at radius 1 is 0.333 bits per heavy atom. The van der Waals surface area contributed by atoms with Gasteiger partial charge in [0, 0.05) is 55.4 Å². The maximum Gasteiger partial charge on any atom is 2.00 e. The predicted octanol–water partition coefficient (Wildman–Crippen LogP) is 9.08. The molecule has 0 fully saturated rings. The van der Waals surface area contributed by atoms with Crippen molar-refractivity contribution in [2.24, 2.45) is 0 Å². The van der Waals surface area contributed by atoms with Crippen LogP contribution in [-0.4, -0.2) is 134 Å². The van der Waals surface area contributed by atoms with Gasteiger partial charge in [-0.15, -0.1) is 40.0 Å². The van der Waals surface area contributed by atoms with E-state index in [1.165, 1.54) is 79.0 Å². The molecule has 21 heteroatoms. The quantitative estimate of drug-likeness (QED) is 0.132. The summed E-state index contributed by atoms with van der Waals surface area (Å²) in [5, 5.41) is 37.1. The van der Waals surface area contributed by atoms with Gasteiger partial charge >= 0.3 is 59.4 Å². The van der Waals surface area contributed by atoms with Crippen molar-refractivity contribution >= 4 is 17.3 Å². The summed E-state index contributed by atoms with van der Waals surface area (Å²) in [5.74, 6) is -0.187. The maximum absolute atomic E-state index is 10.0. The topological polar surface area (TPSA) is 151 Å². The van der Waals surface area contributed by atoms with Crippen LogP contribution in [0.5, 0.6) is 0 Å². The van der Waals surface area contributed by atoms with Gasteiger partial charge in [-0.3, -0.25) is 14.4 Å². The van der Waals surface area contributed by atoms with E-state index in [0.717, 1.165) is 0 Å². The number of carbonyl (C=O) groups excluding carboxylic acids is 3. The third-order valence-corrected chi connectivity index (χ3v) is 6.57. The molecule has 6 rings (SSSR count). The summed E-state index contributed by atoms with van der Waals surface area (Å²) in [6, 6.07) is 0. The minimum absolute atomic E-state index is 0. The van der Waals surface area contributed by atoms with Crippen LogP contribution < -0.4 is 0 Å². The molecule has 18 nitrogen and oxygen atoms in total. The number of ketones is 3. The molecule has 0 aromatic carbocycles. The number of hydrogen-bond acceptors (Lipinski definition) is 18. The summed E-state index contributed by atoms with van der Waals surface area (Å²) in [6.45, 7) is 33.3. The third kappa shape index (κ3) is 44.5. The summed E-state index contributed by atoms with van der Waals surface area (Å²) in [6.07, 6.45) is 31.2. The number of aliphatic hydroxyl groups excluding tert-OH is 3. The van der Waals surface area contributed by atoms with Gasteiger partial charge in [-0.1, -0.05) is 60.8 Å². The Hall–Kier alpha value is -4.42. The van der Waals surface area contributed by atoms with Gasteiger partial charge in [-0.05, 0) is 121 Å². The SMILES string of the molecule is CC(=O)C=C(C)O.CC(=O)C=C(C)O.CC(=O)C=C(C)O.CCC.CCC.CCC.CN1C=CN(N2C=CN(C)[CH-]2)[CH-]1.CN1C=CN(N2C=CN(C)[CH-]2)[CH-]1.CN1C=CN(N2C=CN(C)[CH-]2)[CH-]1.[Os+2].[Os+2].[Os+2]. The number of aliphatic hydroxyl groups is 3. The van der Waals surface area contributed by atoms with Gasteiger partial charge in [0.05, 0.1) is 17.3 Å². The Morgan fingerprint density at radius 3 is 0.493 bits per heavy atom. The molecule has 0 saturated heterocycles. The standard InChI is InChI=1S/3C8H12N4.3C5H8O2.3C3H8.3Os/c3*1-9-3-5-11(7-9)12-6-4-10(2)8-12;3*1-4(6)3-5(2)7;3*1-3-2;;;/h3*3-8H,1-2H3;3*3,6H,1-2H3;3*3H2,1-2H3;;;/q3*-2;;;;;;;3*+2. The average Bonchev–Trinajstić information content (AvgIpc) is 4.05. The first-order valence-corrected chi connectivity index (χ1v) is 21.7. The molecular formula is C48H84N12O6Os3. The first-order valence-electron chi connectivity index (χ1n) is 21.7. The number of nitrogens with zero attached hydrogens (tertiary/aromatic N) is 12. The van der Waals surface area contributed by atoms with Crippen LogP contribution in [0.3, 0.4) is 0 Å². The van der Waals surface area contributed by atoms with Crippen LogP contribution in [0.15, 0.2) is 110 Å². The molecule has 0 aliphatic carbocycles. The van der Waals surface area contributed by atoms with E-state index in [2.05, 4.69) is 41.5 Å². The number of carbonyl (C=O) groups is 3. The minimum Gasteiger partial charge on any atom is -0.512 e. The zero-order valence-corrected chi connectivity index (χ0v) is 51.9. The summed E-state index contributed by atoms with van der Waals surface area (Å²) >= 11 is 0. The minimum atomic E-state index is -0.125. The summed E-state index contributed by atoms with van der Waals surface area (Å²) in [5.41, 5.74) is 0. The van der Waals surface area contributed by atoms with Gasteiger partial charge in [-0.25, -0.2) is 0 Å². The van der Waals surface area contributed by atoms with Gasteiger partial charge in [0.2, 0.25) is 0 Å². The second-order valence-electron chi connectivity index (χ2n) is 15.1. The Bertz CT molecular complexity index is 1370. The monoisotopic (exact) mass is 1500 g/mol. The van der Waals surface area contributed by atoms with Gasteiger partial charge in [0.1, 0.15) is 0 Å². The van der Waals surface area contributed by atoms with Gasteiger partial charge in [0.15, 0.2) is 17.3 Å². The van der Waals surface area contributed by atoms with Crippen LogP contribution in [-0.2, 0) is 73.8 Å². The van der Waals surface area contributed by atoms with Gasteiger partial charge < -0.3 is 74.8 Å². The van der Waals surface area contributed by atoms with E-state index in [0.29, 0.717) is 0 Å². The molecule has 396 valence electrons. The number of hydrogen-bond donors (Lipinski definition) is 3. The Morgan fingerprint density at radius 2 is 0.449 bits per heavy atom. The van der Waals surface area contributed by atoms with Crippen LogP contribution in [0.25, 0.3) is 0 Å². The van der Waals surface area contributed by atoms with Crippen molar-refractivity contribution in [2.45, 2.75) is 102 Å². The predicted molar refractivity (Wildman–Crippen MR) is 267 cm³/mol. The van der Waals surface area contributed by atoms with Crippen LogP contribution in [0, 0.1) is 40.0 Å². The molecule has 0 aromatic heterocycles. The van der Waals surface area contributed by atoms with Gasteiger partial charge in [-0.2, -0.15) is 0 Å². The summed E-state index contributed by atoms with van der Waals surface area (Å²) in [4.78, 5) is 42.1. The Kier molecular flexibility index (Phi) is 50.7. The Balaban J connectivity index is -0.000000168. The normalized spacial score (nSPS) is 15.7. The van der Waals surface area contributed by atoms with Crippen molar-refractivity contribution in [3.63, 3.8) is 0 Å². The Labute approximate surface area is 457 Å². The summed E-state index contributed by atoms with van der Waals surface area (Å²) < 4.78 is 0. The largest absolute Gasteiger partial charge is 2.00 e. The van der Waals surface area contributed by atoms with Crippen molar-refractivity contribution in [1.82, 2.24) is 59.5 Å². The molecule has 0 aromatic rings. The van der Waals surface area contributed by atoms with Crippen LogP contribution >= 0.6 is 0 Å². The van der Waals surface area contributed by atoms with Crippen molar-refractivity contribution in [3.05, 3.63) is 150 Å². The molecule has 0 radical (unpaired) electrons. The fraction of sp³-hybridized carbons (Fsp3) is 0.438. The van der Waals surface area contributed by atoms with E-state index in [1.54, 1.807) is 0 Å². The molecule has 6 heterocycles. The van der Waals surface area contributed by atoms with E-state index in [4.69, 9.17) is 15.3 Å². The van der Waals surface area contributed by atoms with Crippen LogP contribution in [0.4, 0.5) is 0 Å². The molecule has 6 aliphatic rings. The third-order valence-electron chi connectivity index (χ3n) is 6.57. The first-order chi connectivity index (χ1) is 30.9. The van der Waals surface area contributed by atoms with Crippen molar-refractivity contribution in [3.8, 4) is 0 Å². The molecule has 3 N–H and O–H groups in total. The van der Waals surface area contributed by atoms with Crippen molar-refractivity contribution in [1.29, 1.82) is 0 Å². The summed E-state index contributed by atoms with van der Waals surface area (Å²) in [7, 11) is 12.0. The van der Waals surface area contributed by atoms with E-state index >= 15 is 0 Å². The van der Waals surface area contributed by atoms with Crippen LogP contribution in [0.1, 0.15) is 102 Å². The fourth-order valence-corrected chi connectivity index (χ4v) is 4.32. The molecule has 0 unspecified atom stereocenters. The van der Waals surface area contributed by atoms with Crippen molar-refractivity contribution in [2.75, 3.05) is 42.3 Å². The molecule has 0 bridgehead atoms. The molecular weight excluding hydrogens is 1410 g/mol. The van der Waals surface area contributed by atoms with E-state index < -0.39 is 0 Å². The molecule has 69 heavy (non-hydrogen) atoms. The fourth-order valence-electron chi connectivity index (χ4n) is 4.32. The van der Waals surface area contributed by atoms with Gasteiger partial charge in [0.25, 0.3) is 0 Å². The number of allylic oxidation sites excluding steroid dienone is 6. The number of rotatable bonds is 6. The zero-order valence-electron chi connectivity index (χ0n) is 44.2. The first kappa shape index (κ1) is 76.1. The molecule has 0 saturated carbocycles. The second-order valence-corrected chi connectivity index (χ2v) is 15.1. The molecule has 0 atom stereocenters. The van der Waals surface area contributed by atoms with Crippen molar-refractivity contribution < 1.29 is 89.1 Å². The molecule has 0 amide bonds. The van der Waals surface area contributed by atoms with E-state index in [1.807, 2.05) is 216 Å². The molecule has 0 spiro atoms. The molecule has 6 aliphatic heterocycles. The zero-order chi connectivity index (χ0) is 51.4. The van der Waals surface area contributed by atoms with E-state index in [9.17, 15) is 14.4 Å². The van der Waals surface area contributed by atoms with E-state index in [-0.39, 0.29) is 94.0 Å².